The fourth-order valence-electron chi connectivity index (χ4n) is 3.06. The van der Waals surface area contributed by atoms with Gasteiger partial charge in [0.1, 0.15) is 12.2 Å². The Hall–Kier alpha value is -1.78. The van der Waals surface area contributed by atoms with Crippen molar-refractivity contribution in [3.05, 3.63) is 24.0 Å². The van der Waals surface area contributed by atoms with Gasteiger partial charge in [-0.3, -0.25) is 4.79 Å². The lowest BCUT2D eigenvalue weighted by Gasteiger charge is -2.27. The van der Waals surface area contributed by atoms with E-state index in [1.807, 2.05) is 0 Å². The molecule has 0 aliphatic heterocycles. The smallest absolute Gasteiger partial charge is 0.352 e. The van der Waals surface area contributed by atoms with Gasteiger partial charge in [0.25, 0.3) is 0 Å². The van der Waals surface area contributed by atoms with Crippen LogP contribution in [0.1, 0.15) is 49.5 Å². The predicted molar refractivity (Wildman–Crippen MR) is 80.1 cm³/mol. The molecule has 0 bridgehead atoms. The van der Waals surface area contributed by atoms with Gasteiger partial charge in [-0.1, -0.05) is 26.2 Å². The van der Waals surface area contributed by atoms with Crippen molar-refractivity contribution in [3.63, 3.8) is 0 Å². The molecule has 1 aliphatic rings. The molecule has 1 aromatic heterocycles. The minimum Gasteiger partial charge on any atom is -0.477 e. The van der Waals surface area contributed by atoms with E-state index in [9.17, 15) is 9.59 Å². The highest BCUT2D eigenvalue weighted by Gasteiger charge is 2.20. The van der Waals surface area contributed by atoms with E-state index in [0.717, 1.165) is 5.92 Å². The Morgan fingerprint density at radius 3 is 2.57 bits per heavy atom. The number of aromatic nitrogens is 1. The van der Waals surface area contributed by atoms with Crippen molar-refractivity contribution in [2.45, 2.75) is 45.6 Å². The van der Waals surface area contributed by atoms with Crippen molar-refractivity contribution in [3.8, 4) is 0 Å². The number of carbonyl (C=O) groups excluding carboxylic acids is 1. The molecule has 1 fully saturated rings. The second kappa shape index (κ2) is 7.29. The summed E-state index contributed by atoms with van der Waals surface area (Å²) in [6.45, 7) is 3.02. The topological polar surface area (TPSA) is 71.3 Å². The van der Waals surface area contributed by atoms with Gasteiger partial charge in [-0.05, 0) is 36.8 Å². The molecule has 116 valence electrons. The number of carboxylic acid groups (broad SMARTS) is 1. The maximum atomic E-state index is 11.9. The normalized spacial score (nSPS) is 22.0. The second-order valence-corrected chi connectivity index (χ2v) is 5.93. The first-order chi connectivity index (χ1) is 10.1. The maximum absolute atomic E-state index is 11.9. The Morgan fingerprint density at radius 1 is 1.29 bits per heavy atom. The Labute approximate surface area is 125 Å². The van der Waals surface area contributed by atoms with Crippen LogP contribution in [-0.2, 0) is 11.3 Å². The molecule has 0 unspecified atom stereocenters. The summed E-state index contributed by atoms with van der Waals surface area (Å²) >= 11 is 0. The zero-order valence-electron chi connectivity index (χ0n) is 12.5. The van der Waals surface area contributed by atoms with Crippen LogP contribution in [0, 0.1) is 11.8 Å². The van der Waals surface area contributed by atoms with Crippen molar-refractivity contribution in [1.29, 1.82) is 0 Å². The quantitative estimate of drug-likeness (QED) is 0.846. The summed E-state index contributed by atoms with van der Waals surface area (Å²) in [7, 11) is 0. The van der Waals surface area contributed by atoms with E-state index in [1.165, 1.54) is 42.7 Å². The van der Waals surface area contributed by atoms with E-state index < -0.39 is 5.97 Å². The second-order valence-electron chi connectivity index (χ2n) is 5.93. The summed E-state index contributed by atoms with van der Waals surface area (Å²) in [5, 5.41) is 11.9. The molecule has 0 radical (unpaired) electrons. The first kappa shape index (κ1) is 15.6. The van der Waals surface area contributed by atoms with Crippen molar-refractivity contribution < 1.29 is 14.7 Å². The molecular weight excluding hydrogens is 268 g/mol. The lowest BCUT2D eigenvalue weighted by Crippen LogP contribution is -2.33. The molecule has 1 aromatic rings. The largest absolute Gasteiger partial charge is 0.477 e. The third-order valence-electron chi connectivity index (χ3n) is 4.49. The van der Waals surface area contributed by atoms with E-state index >= 15 is 0 Å². The Bertz CT molecular complexity index is 487. The fourth-order valence-corrected chi connectivity index (χ4v) is 3.06. The van der Waals surface area contributed by atoms with Crippen LogP contribution in [0.15, 0.2) is 18.3 Å². The number of hydrogen-bond donors (Lipinski definition) is 2. The average molecular weight is 292 g/mol. The Balaban J connectivity index is 1.75. The molecule has 5 heteroatoms. The third-order valence-corrected chi connectivity index (χ3v) is 4.49. The van der Waals surface area contributed by atoms with Gasteiger partial charge in [0.05, 0.1) is 0 Å². The fraction of sp³-hybridized carbons (Fsp3) is 0.625. The molecule has 5 nitrogen and oxygen atoms in total. The molecule has 2 N–H and O–H groups in total. The number of amides is 1. The summed E-state index contributed by atoms with van der Waals surface area (Å²) in [4.78, 5) is 22.9. The van der Waals surface area contributed by atoms with Gasteiger partial charge < -0.3 is 15.0 Å². The highest BCUT2D eigenvalue weighted by Crippen LogP contribution is 2.30. The molecule has 0 saturated heterocycles. The first-order valence-corrected chi connectivity index (χ1v) is 7.75. The summed E-state index contributed by atoms with van der Waals surface area (Å²) < 4.78 is 1.46. The zero-order chi connectivity index (χ0) is 15.2. The predicted octanol–water partition coefficient (Wildman–Crippen LogP) is 2.52. The van der Waals surface area contributed by atoms with Gasteiger partial charge in [0, 0.05) is 12.7 Å². The van der Waals surface area contributed by atoms with Crippen LogP contribution in [0.5, 0.6) is 0 Å². The standard InChI is InChI=1S/C16H24N2O3/c1-2-12-5-7-13(8-6-12)10-17-15(19)11-18-9-3-4-14(18)16(20)21/h3-4,9,12-13H,2,5-8,10-11H2,1H3,(H,17,19)(H,20,21). The summed E-state index contributed by atoms with van der Waals surface area (Å²) in [6, 6.07) is 3.14. The molecule has 0 atom stereocenters. The zero-order valence-corrected chi connectivity index (χ0v) is 12.5. The van der Waals surface area contributed by atoms with Crippen LogP contribution in [0.3, 0.4) is 0 Å². The van der Waals surface area contributed by atoms with Gasteiger partial charge in [-0.25, -0.2) is 4.79 Å². The first-order valence-electron chi connectivity index (χ1n) is 7.75. The van der Waals surface area contributed by atoms with Crippen molar-refractivity contribution in [2.75, 3.05) is 6.54 Å². The molecule has 0 spiro atoms. The van der Waals surface area contributed by atoms with Gasteiger partial charge in [0.2, 0.25) is 5.91 Å². The van der Waals surface area contributed by atoms with Crippen LogP contribution in [0.2, 0.25) is 0 Å². The van der Waals surface area contributed by atoms with Crippen molar-refractivity contribution in [1.82, 2.24) is 9.88 Å². The lowest BCUT2D eigenvalue weighted by atomic mass is 9.81. The molecular formula is C16H24N2O3. The van der Waals surface area contributed by atoms with Gasteiger partial charge in [-0.2, -0.15) is 0 Å². The number of hydrogen-bond acceptors (Lipinski definition) is 2. The third kappa shape index (κ3) is 4.34. The highest BCUT2D eigenvalue weighted by atomic mass is 16.4. The number of aromatic carboxylic acids is 1. The monoisotopic (exact) mass is 292 g/mol. The summed E-state index contributed by atoms with van der Waals surface area (Å²) in [5.74, 6) is 0.298. The minimum atomic E-state index is -1.01. The number of carboxylic acids is 1. The van der Waals surface area contributed by atoms with Crippen LogP contribution in [0.25, 0.3) is 0 Å². The van der Waals surface area contributed by atoms with Crippen molar-refractivity contribution in [2.24, 2.45) is 11.8 Å². The van der Waals surface area contributed by atoms with Gasteiger partial charge in [0.15, 0.2) is 0 Å². The van der Waals surface area contributed by atoms with E-state index in [2.05, 4.69) is 12.2 Å². The van der Waals surface area contributed by atoms with Gasteiger partial charge in [-0.15, -0.1) is 0 Å². The number of nitrogens with zero attached hydrogens (tertiary/aromatic N) is 1. The molecule has 1 aliphatic carbocycles. The maximum Gasteiger partial charge on any atom is 0.352 e. The van der Waals surface area contributed by atoms with Gasteiger partial charge >= 0.3 is 5.97 Å². The van der Waals surface area contributed by atoms with Crippen LogP contribution in [0.4, 0.5) is 0 Å². The minimum absolute atomic E-state index is 0.0684. The van der Waals surface area contributed by atoms with E-state index in [1.54, 1.807) is 12.3 Å². The molecule has 1 amide bonds. The summed E-state index contributed by atoms with van der Waals surface area (Å²) in [6.07, 6.45) is 7.77. The summed E-state index contributed by atoms with van der Waals surface area (Å²) in [5.41, 5.74) is 0.147. The van der Waals surface area contributed by atoms with Crippen LogP contribution in [-0.4, -0.2) is 28.1 Å². The van der Waals surface area contributed by atoms with E-state index in [-0.39, 0.29) is 18.1 Å². The number of carbonyl (C=O) groups is 2. The lowest BCUT2D eigenvalue weighted by molar-refractivity contribution is -0.121. The number of rotatable bonds is 6. The Morgan fingerprint density at radius 2 is 1.95 bits per heavy atom. The van der Waals surface area contributed by atoms with Crippen LogP contribution >= 0.6 is 0 Å². The molecule has 1 heterocycles. The van der Waals surface area contributed by atoms with Crippen molar-refractivity contribution >= 4 is 11.9 Å². The Kier molecular flexibility index (Phi) is 5.42. The SMILES string of the molecule is CCC1CCC(CNC(=O)Cn2cccc2C(=O)O)CC1. The van der Waals surface area contributed by atoms with Crippen LogP contribution < -0.4 is 5.32 Å². The molecule has 1 saturated carbocycles. The molecule has 0 aromatic carbocycles. The highest BCUT2D eigenvalue weighted by molar-refractivity contribution is 5.86. The van der Waals surface area contributed by atoms with E-state index in [0.29, 0.717) is 12.5 Å². The van der Waals surface area contributed by atoms with E-state index in [4.69, 9.17) is 5.11 Å². The number of nitrogens with one attached hydrogen (secondary N) is 1. The molecule has 2 rings (SSSR count). The molecule has 21 heavy (non-hydrogen) atoms. The average Bonchev–Trinajstić information content (AvgIpc) is 2.94.